The minimum Gasteiger partial charge on any atom is -0.356 e. The first-order valence-corrected chi connectivity index (χ1v) is 7.39. The van der Waals surface area contributed by atoms with Gasteiger partial charge in [0.15, 0.2) is 0 Å². The predicted molar refractivity (Wildman–Crippen MR) is 79.9 cm³/mol. The lowest BCUT2D eigenvalue weighted by Gasteiger charge is -2.26. The van der Waals surface area contributed by atoms with Gasteiger partial charge in [-0.2, -0.15) is 4.98 Å². The maximum absolute atomic E-state index is 6.02. The molecule has 0 saturated heterocycles. The van der Waals surface area contributed by atoms with E-state index < -0.39 is 0 Å². The summed E-state index contributed by atoms with van der Waals surface area (Å²) in [5.74, 6) is 0.940. The number of fused-ring (bicyclic) bond motifs is 1. The molecule has 0 aliphatic carbocycles. The maximum atomic E-state index is 6.02. The summed E-state index contributed by atoms with van der Waals surface area (Å²) in [6.45, 7) is 6.49. The van der Waals surface area contributed by atoms with Gasteiger partial charge in [-0.3, -0.25) is 0 Å². The fourth-order valence-corrected chi connectivity index (χ4v) is 3.18. The first-order valence-electron chi connectivity index (χ1n) is 6.19. The molecule has 3 nitrogen and oxygen atoms in total. The maximum Gasteiger partial charge on any atom is 0.225 e. The zero-order valence-electron chi connectivity index (χ0n) is 11.2. The van der Waals surface area contributed by atoms with Crippen LogP contribution in [0.2, 0.25) is 5.28 Å². The highest BCUT2D eigenvalue weighted by molar-refractivity contribution is 7.18. The number of rotatable bonds is 4. The first-order chi connectivity index (χ1) is 8.52. The summed E-state index contributed by atoms with van der Waals surface area (Å²) < 4.78 is 0. The van der Waals surface area contributed by atoms with Gasteiger partial charge in [0.05, 0.1) is 5.39 Å². The van der Waals surface area contributed by atoms with Crippen LogP contribution in [-0.2, 0) is 0 Å². The number of aromatic nitrogens is 2. The number of aryl methyl sites for hydroxylation is 1. The summed E-state index contributed by atoms with van der Waals surface area (Å²) in [6.07, 6.45) is 2.30. The quantitative estimate of drug-likeness (QED) is 0.784. The van der Waals surface area contributed by atoms with Gasteiger partial charge >= 0.3 is 0 Å². The van der Waals surface area contributed by atoms with Gasteiger partial charge in [0.25, 0.3) is 0 Å². The second-order valence-electron chi connectivity index (χ2n) is 4.64. The molecule has 0 aromatic carbocycles. The van der Waals surface area contributed by atoms with E-state index in [4.69, 9.17) is 11.6 Å². The Hall–Kier alpha value is -0.870. The van der Waals surface area contributed by atoms with Crippen LogP contribution < -0.4 is 4.90 Å². The van der Waals surface area contributed by atoms with Crippen molar-refractivity contribution in [3.8, 4) is 0 Å². The lowest BCUT2D eigenvalue weighted by Crippen LogP contribution is -2.29. The summed E-state index contributed by atoms with van der Waals surface area (Å²) in [5.41, 5.74) is 0. The molecule has 2 heterocycles. The molecule has 0 spiro atoms. The first kappa shape index (κ1) is 13.6. The van der Waals surface area contributed by atoms with E-state index in [2.05, 4.69) is 48.8 Å². The van der Waals surface area contributed by atoms with Crippen LogP contribution in [0.1, 0.15) is 31.6 Å². The van der Waals surface area contributed by atoms with Gasteiger partial charge in [-0.05, 0) is 37.9 Å². The Bertz CT molecular complexity index is 552. The molecule has 18 heavy (non-hydrogen) atoms. The van der Waals surface area contributed by atoms with E-state index in [1.54, 1.807) is 11.3 Å². The monoisotopic (exact) mass is 283 g/mol. The van der Waals surface area contributed by atoms with E-state index in [-0.39, 0.29) is 0 Å². The molecular weight excluding hydrogens is 266 g/mol. The standard InChI is InChI=1S/C13H18ClN3S/c1-5-6-8(2)17(4)11-10-7-9(3)18-12(10)16-13(14)15-11/h7-8H,5-6H2,1-4H3. The molecule has 0 aliphatic rings. The van der Waals surface area contributed by atoms with E-state index in [9.17, 15) is 0 Å². The molecule has 0 fully saturated rings. The molecule has 2 aromatic rings. The van der Waals surface area contributed by atoms with E-state index in [0.717, 1.165) is 28.9 Å². The van der Waals surface area contributed by atoms with Crippen molar-refractivity contribution in [2.24, 2.45) is 0 Å². The van der Waals surface area contributed by atoms with Crippen molar-refractivity contribution in [1.82, 2.24) is 9.97 Å². The summed E-state index contributed by atoms with van der Waals surface area (Å²) in [7, 11) is 2.07. The molecular formula is C13H18ClN3S. The largest absolute Gasteiger partial charge is 0.356 e. The molecule has 5 heteroatoms. The van der Waals surface area contributed by atoms with Crippen molar-refractivity contribution in [3.05, 3.63) is 16.2 Å². The topological polar surface area (TPSA) is 29.0 Å². The Morgan fingerprint density at radius 1 is 1.44 bits per heavy atom. The van der Waals surface area contributed by atoms with Crippen LogP contribution in [0.25, 0.3) is 10.2 Å². The van der Waals surface area contributed by atoms with E-state index in [1.807, 2.05) is 0 Å². The average Bonchev–Trinajstić information content (AvgIpc) is 2.67. The third-order valence-electron chi connectivity index (χ3n) is 3.17. The summed E-state index contributed by atoms with van der Waals surface area (Å²) in [6, 6.07) is 2.59. The fourth-order valence-electron chi connectivity index (χ4n) is 2.09. The van der Waals surface area contributed by atoms with Crippen LogP contribution >= 0.6 is 22.9 Å². The van der Waals surface area contributed by atoms with Crippen LogP contribution in [0.5, 0.6) is 0 Å². The number of hydrogen-bond donors (Lipinski definition) is 0. The van der Waals surface area contributed by atoms with Crippen molar-refractivity contribution in [2.45, 2.75) is 39.7 Å². The number of thiophene rings is 1. The number of halogens is 1. The molecule has 2 aromatic heterocycles. The minimum absolute atomic E-state index is 0.329. The van der Waals surface area contributed by atoms with E-state index in [1.165, 1.54) is 4.88 Å². The second-order valence-corrected chi connectivity index (χ2v) is 6.21. The van der Waals surface area contributed by atoms with E-state index in [0.29, 0.717) is 11.3 Å². The van der Waals surface area contributed by atoms with Crippen molar-refractivity contribution < 1.29 is 0 Å². The normalized spacial score (nSPS) is 12.9. The predicted octanol–water partition coefficient (Wildman–Crippen LogP) is 4.28. The smallest absolute Gasteiger partial charge is 0.225 e. The summed E-state index contributed by atoms with van der Waals surface area (Å²) in [5, 5.41) is 1.43. The Balaban J connectivity index is 2.48. The number of anilines is 1. The lowest BCUT2D eigenvalue weighted by atomic mass is 10.1. The molecule has 0 N–H and O–H groups in total. The zero-order chi connectivity index (χ0) is 13.3. The van der Waals surface area contributed by atoms with Gasteiger partial charge in [-0.1, -0.05) is 13.3 Å². The van der Waals surface area contributed by atoms with E-state index >= 15 is 0 Å². The fraction of sp³-hybridized carbons (Fsp3) is 0.538. The summed E-state index contributed by atoms with van der Waals surface area (Å²) in [4.78, 5) is 13.1. The van der Waals surface area contributed by atoms with Gasteiger partial charge in [0, 0.05) is 18.0 Å². The molecule has 1 unspecified atom stereocenters. The van der Waals surface area contributed by atoms with Crippen LogP contribution in [0.15, 0.2) is 6.07 Å². The summed E-state index contributed by atoms with van der Waals surface area (Å²) >= 11 is 7.68. The molecule has 98 valence electrons. The van der Waals surface area contributed by atoms with Gasteiger partial charge in [-0.25, -0.2) is 4.98 Å². The minimum atomic E-state index is 0.329. The Labute approximate surface area is 117 Å². The second kappa shape index (κ2) is 5.41. The van der Waals surface area contributed by atoms with Crippen molar-refractivity contribution in [2.75, 3.05) is 11.9 Å². The SMILES string of the molecule is CCCC(C)N(C)c1nc(Cl)nc2sc(C)cc12. The van der Waals surface area contributed by atoms with Crippen LogP contribution in [-0.4, -0.2) is 23.1 Å². The molecule has 0 bridgehead atoms. The number of nitrogens with zero attached hydrogens (tertiary/aromatic N) is 3. The van der Waals surface area contributed by atoms with Gasteiger partial charge in [0.1, 0.15) is 10.6 Å². The van der Waals surface area contributed by atoms with Crippen LogP contribution in [0.3, 0.4) is 0 Å². The zero-order valence-corrected chi connectivity index (χ0v) is 12.8. The third-order valence-corrected chi connectivity index (χ3v) is 4.28. The van der Waals surface area contributed by atoms with Crippen LogP contribution in [0.4, 0.5) is 5.82 Å². The molecule has 0 amide bonds. The van der Waals surface area contributed by atoms with Crippen LogP contribution in [0, 0.1) is 6.92 Å². The molecule has 0 saturated carbocycles. The van der Waals surface area contributed by atoms with Gasteiger partial charge < -0.3 is 4.90 Å². The number of hydrogen-bond acceptors (Lipinski definition) is 4. The van der Waals surface area contributed by atoms with Crippen molar-refractivity contribution in [1.29, 1.82) is 0 Å². The third kappa shape index (κ3) is 2.59. The van der Waals surface area contributed by atoms with Gasteiger partial charge in [-0.15, -0.1) is 11.3 Å². The lowest BCUT2D eigenvalue weighted by molar-refractivity contribution is 0.612. The molecule has 0 radical (unpaired) electrons. The van der Waals surface area contributed by atoms with Crippen molar-refractivity contribution >= 4 is 39.0 Å². The molecule has 0 aliphatic heterocycles. The molecule has 1 atom stereocenters. The Morgan fingerprint density at radius 2 is 2.17 bits per heavy atom. The molecule has 2 rings (SSSR count). The highest BCUT2D eigenvalue weighted by Crippen LogP contribution is 2.32. The Kier molecular flexibility index (Phi) is 4.07. The average molecular weight is 284 g/mol. The van der Waals surface area contributed by atoms with Gasteiger partial charge in [0.2, 0.25) is 5.28 Å². The highest BCUT2D eigenvalue weighted by Gasteiger charge is 2.16. The highest BCUT2D eigenvalue weighted by atomic mass is 35.5. The Morgan fingerprint density at radius 3 is 2.83 bits per heavy atom. The van der Waals surface area contributed by atoms with Crippen molar-refractivity contribution in [3.63, 3.8) is 0 Å².